The van der Waals surface area contributed by atoms with Crippen molar-refractivity contribution in [3.63, 3.8) is 0 Å². The van der Waals surface area contributed by atoms with Gasteiger partial charge in [0.25, 0.3) is 0 Å². The highest BCUT2D eigenvalue weighted by molar-refractivity contribution is 5.98. The van der Waals surface area contributed by atoms with Crippen LogP contribution in [0.2, 0.25) is 0 Å². The van der Waals surface area contributed by atoms with E-state index in [1.54, 1.807) is 17.1 Å². The molecule has 0 amide bonds. The summed E-state index contributed by atoms with van der Waals surface area (Å²) in [5, 5.41) is 4.37. The van der Waals surface area contributed by atoms with Crippen molar-refractivity contribution in [2.75, 3.05) is 0 Å². The van der Waals surface area contributed by atoms with Gasteiger partial charge in [0.05, 0.1) is 17.6 Å². The first-order chi connectivity index (χ1) is 8.39. The molecule has 0 aromatic carbocycles. The average Bonchev–Trinajstić information content (AvgIpc) is 2.70. The summed E-state index contributed by atoms with van der Waals surface area (Å²) in [6.45, 7) is 7.61. The molecular formula is C14H17N3O. The number of Topliss-reactive ketones (excluding diaryl/α,β-unsaturated/α-hetero) is 1. The molecule has 0 aliphatic heterocycles. The minimum absolute atomic E-state index is 0.0759. The quantitative estimate of drug-likeness (QED) is 0.762. The van der Waals surface area contributed by atoms with Crippen LogP contribution in [-0.2, 0) is 0 Å². The van der Waals surface area contributed by atoms with Crippen LogP contribution in [0.1, 0.15) is 37.0 Å². The number of aryl methyl sites for hydroxylation is 1. The van der Waals surface area contributed by atoms with Crippen LogP contribution in [0.3, 0.4) is 0 Å². The summed E-state index contributed by atoms with van der Waals surface area (Å²) in [6, 6.07) is 5.54. The first-order valence-electron chi connectivity index (χ1n) is 5.91. The van der Waals surface area contributed by atoms with Gasteiger partial charge in [-0.2, -0.15) is 5.10 Å². The lowest BCUT2D eigenvalue weighted by atomic mass is 9.89. The van der Waals surface area contributed by atoms with E-state index in [2.05, 4.69) is 10.1 Å². The molecule has 2 aromatic heterocycles. The average molecular weight is 243 g/mol. The van der Waals surface area contributed by atoms with Crippen LogP contribution < -0.4 is 0 Å². The number of hydrogen-bond acceptors (Lipinski definition) is 3. The van der Waals surface area contributed by atoms with Gasteiger partial charge in [-0.1, -0.05) is 20.8 Å². The molecule has 0 aliphatic rings. The fourth-order valence-corrected chi connectivity index (χ4v) is 1.72. The molecule has 0 atom stereocenters. The van der Waals surface area contributed by atoms with Crippen LogP contribution in [-0.4, -0.2) is 20.5 Å². The SMILES string of the molecule is Cc1cc(C(=O)C(C)(C)C)n(-c2cccnc2)n1. The number of ketones is 1. The molecule has 0 fully saturated rings. The molecule has 0 saturated carbocycles. The van der Waals surface area contributed by atoms with E-state index < -0.39 is 5.41 Å². The topological polar surface area (TPSA) is 47.8 Å². The maximum absolute atomic E-state index is 12.4. The van der Waals surface area contributed by atoms with Gasteiger partial charge in [0, 0.05) is 11.6 Å². The van der Waals surface area contributed by atoms with Crippen LogP contribution in [0.5, 0.6) is 0 Å². The van der Waals surface area contributed by atoms with Gasteiger partial charge in [-0.15, -0.1) is 0 Å². The van der Waals surface area contributed by atoms with Gasteiger partial charge in [0.1, 0.15) is 5.69 Å². The van der Waals surface area contributed by atoms with Gasteiger partial charge in [-0.05, 0) is 25.1 Å². The second kappa shape index (κ2) is 4.37. The summed E-state index contributed by atoms with van der Waals surface area (Å²) in [6.07, 6.45) is 3.40. The fourth-order valence-electron chi connectivity index (χ4n) is 1.72. The van der Waals surface area contributed by atoms with Crippen molar-refractivity contribution in [2.24, 2.45) is 5.41 Å². The lowest BCUT2D eigenvalue weighted by Crippen LogP contribution is -2.23. The molecule has 4 nitrogen and oxygen atoms in total. The third-order valence-electron chi connectivity index (χ3n) is 2.64. The molecule has 0 radical (unpaired) electrons. The Morgan fingerprint density at radius 1 is 1.33 bits per heavy atom. The fraction of sp³-hybridized carbons (Fsp3) is 0.357. The Bertz CT molecular complexity index is 564. The van der Waals surface area contributed by atoms with Crippen LogP contribution in [0.4, 0.5) is 0 Å². The van der Waals surface area contributed by atoms with Crippen LogP contribution in [0.15, 0.2) is 30.6 Å². The number of rotatable bonds is 2. The number of hydrogen-bond donors (Lipinski definition) is 0. The van der Waals surface area contributed by atoms with Gasteiger partial charge >= 0.3 is 0 Å². The summed E-state index contributed by atoms with van der Waals surface area (Å²) in [5.74, 6) is 0.0759. The molecule has 2 aromatic rings. The van der Waals surface area contributed by atoms with Crippen molar-refractivity contribution >= 4 is 5.78 Å². The molecule has 0 N–H and O–H groups in total. The Balaban J connectivity index is 2.54. The predicted octanol–water partition coefficient (Wildman–Crippen LogP) is 2.80. The summed E-state index contributed by atoms with van der Waals surface area (Å²) in [4.78, 5) is 16.5. The lowest BCUT2D eigenvalue weighted by molar-refractivity contribution is 0.0850. The molecule has 2 rings (SSSR count). The van der Waals surface area contributed by atoms with E-state index in [9.17, 15) is 4.79 Å². The Morgan fingerprint density at radius 2 is 2.06 bits per heavy atom. The van der Waals surface area contributed by atoms with E-state index in [0.717, 1.165) is 11.4 Å². The summed E-state index contributed by atoms with van der Waals surface area (Å²) in [5.41, 5.74) is 1.81. The van der Waals surface area contributed by atoms with Gasteiger partial charge < -0.3 is 0 Å². The zero-order valence-corrected chi connectivity index (χ0v) is 11.1. The number of nitrogens with zero attached hydrogens (tertiary/aromatic N) is 3. The van der Waals surface area contributed by atoms with E-state index in [4.69, 9.17) is 0 Å². The highest BCUT2D eigenvalue weighted by Gasteiger charge is 2.27. The van der Waals surface area contributed by atoms with Crippen molar-refractivity contribution in [3.05, 3.63) is 42.0 Å². The minimum atomic E-state index is -0.424. The molecule has 0 bridgehead atoms. The molecule has 94 valence electrons. The van der Waals surface area contributed by atoms with E-state index in [-0.39, 0.29) is 5.78 Å². The van der Waals surface area contributed by atoms with Crippen LogP contribution in [0.25, 0.3) is 5.69 Å². The second-order valence-corrected chi connectivity index (χ2v) is 5.37. The number of aromatic nitrogens is 3. The predicted molar refractivity (Wildman–Crippen MR) is 69.9 cm³/mol. The van der Waals surface area contributed by atoms with Gasteiger partial charge in [0.2, 0.25) is 0 Å². The maximum Gasteiger partial charge on any atom is 0.186 e. The van der Waals surface area contributed by atoms with E-state index >= 15 is 0 Å². The van der Waals surface area contributed by atoms with Crippen molar-refractivity contribution in [1.82, 2.24) is 14.8 Å². The van der Waals surface area contributed by atoms with E-state index in [1.807, 2.05) is 45.9 Å². The van der Waals surface area contributed by atoms with Crippen LogP contribution in [0, 0.1) is 12.3 Å². The van der Waals surface area contributed by atoms with Crippen molar-refractivity contribution in [3.8, 4) is 5.69 Å². The highest BCUT2D eigenvalue weighted by atomic mass is 16.1. The zero-order chi connectivity index (χ0) is 13.3. The molecule has 2 heterocycles. The third kappa shape index (κ3) is 2.32. The Morgan fingerprint density at radius 3 is 2.61 bits per heavy atom. The highest BCUT2D eigenvalue weighted by Crippen LogP contribution is 2.23. The van der Waals surface area contributed by atoms with Gasteiger partial charge in [0.15, 0.2) is 5.78 Å². The summed E-state index contributed by atoms with van der Waals surface area (Å²) >= 11 is 0. The molecule has 0 saturated heterocycles. The molecule has 0 spiro atoms. The van der Waals surface area contributed by atoms with Crippen molar-refractivity contribution < 1.29 is 4.79 Å². The monoisotopic (exact) mass is 243 g/mol. The Hall–Kier alpha value is -1.97. The summed E-state index contributed by atoms with van der Waals surface area (Å²) < 4.78 is 1.66. The van der Waals surface area contributed by atoms with E-state index in [0.29, 0.717) is 5.69 Å². The smallest absolute Gasteiger partial charge is 0.186 e. The largest absolute Gasteiger partial charge is 0.292 e. The first kappa shape index (κ1) is 12.5. The lowest BCUT2D eigenvalue weighted by Gasteiger charge is -2.17. The Labute approximate surface area is 107 Å². The van der Waals surface area contributed by atoms with Crippen LogP contribution >= 0.6 is 0 Å². The number of pyridine rings is 1. The second-order valence-electron chi connectivity index (χ2n) is 5.37. The van der Waals surface area contributed by atoms with Gasteiger partial charge in [-0.25, -0.2) is 4.68 Å². The number of carbonyl (C=O) groups is 1. The van der Waals surface area contributed by atoms with E-state index in [1.165, 1.54) is 0 Å². The van der Waals surface area contributed by atoms with Crippen molar-refractivity contribution in [1.29, 1.82) is 0 Å². The van der Waals surface area contributed by atoms with Crippen molar-refractivity contribution in [2.45, 2.75) is 27.7 Å². The molecule has 18 heavy (non-hydrogen) atoms. The molecular weight excluding hydrogens is 226 g/mol. The molecule has 0 unspecified atom stereocenters. The zero-order valence-electron chi connectivity index (χ0n) is 11.1. The third-order valence-corrected chi connectivity index (χ3v) is 2.64. The molecule has 4 heteroatoms. The summed E-state index contributed by atoms with van der Waals surface area (Å²) in [7, 11) is 0. The molecule has 0 aliphatic carbocycles. The van der Waals surface area contributed by atoms with Gasteiger partial charge in [-0.3, -0.25) is 9.78 Å². The minimum Gasteiger partial charge on any atom is -0.292 e. The number of carbonyl (C=O) groups excluding carboxylic acids is 1. The maximum atomic E-state index is 12.4. The Kier molecular flexibility index (Phi) is 3.03. The normalized spacial score (nSPS) is 11.6. The first-order valence-corrected chi connectivity index (χ1v) is 5.91. The standard InChI is InChI=1S/C14H17N3O/c1-10-8-12(13(18)14(2,3)4)17(16-10)11-6-5-7-15-9-11/h5-9H,1-4H3.